The van der Waals surface area contributed by atoms with Gasteiger partial charge in [0.25, 0.3) is 0 Å². The van der Waals surface area contributed by atoms with Gasteiger partial charge in [-0.1, -0.05) is 0 Å². The molecule has 0 bridgehead atoms. The number of alkyl halides is 3. The third kappa shape index (κ3) is 4.23. The molecule has 2 amide bonds. The Kier molecular flexibility index (Phi) is 5.05. The highest BCUT2D eigenvalue weighted by molar-refractivity contribution is 5.97. The standard InChI is InChI=1S/C19H24F3N3O3/c1-17(2,3)28-16(27)24-8-5-18(6-9-24)10-15(26)25(12-18)14-11-23-7-4-13(14)19(20,21)22/h4,7,11H,5-6,8-10,12H2,1-3H3. The van der Waals surface area contributed by atoms with Gasteiger partial charge >= 0.3 is 12.3 Å². The van der Waals surface area contributed by atoms with Crippen molar-refractivity contribution in [1.82, 2.24) is 9.88 Å². The van der Waals surface area contributed by atoms with Gasteiger partial charge in [0.05, 0.1) is 17.4 Å². The quantitative estimate of drug-likeness (QED) is 0.720. The Labute approximate surface area is 161 Å². The van der Waals surface area contributed by atoms with Gasteiger partial charge in [-0.3, -0.25) is 9.78 Å². The minimum atomic E-state index is -4.56. The average molecular weight is 399 g/mol. The van der Waals surface area contributed by atoms with E-state index in [0.717, 1.165) is 18.5 Å². The molecule has 0 unspecified atom stereocenters. The summed E-state index contributed by atoms with van der Waals surface area (Å²) in [4.78, 5) is 31.3. The Morgan fingerprint density at radius 3 is 2.43 bits per heavy atom. The van der Waals surface area contributed by atoms with E-state index in [-0.39, 0.29) is 24.6 Å². The van der Waals surface area contributed by atoms with Crippen molar-refractivity contribution in [3.8, 4) is 0 Å². The van der Waals surface area contributed by atoms with Crippen LogP contribution in [0.2, 0.25) is 0 Å². The smallest absolute Gasteiger partial charge is 0.418 e. The van der Waals surface area contributed by atoms with Crippen LogP contribution in [0, 0.1) is 5.41 Å². The van der Waals surface area contributed by atoms with E-state index in [0.29, 0.717) is 25.9 Å². The highest BCUT2D eigenvalue weighted by Gasteiger charge is 2.48. The molecule has 2 fully saturated rings. The predicted molar refractivity (Wildman–Crippen MR) is 95.7 cm³/mol. The van der Waals surface area contributed by atoms with Gasteiger partial charge in [-0.05, 0) is 39.7 Å². The molecule has 1 spiro atoms. The normalized spacial score (nSPS) is 20.0. The number of likely N-dealkylation sites (tertiary alicyclic amines) is 1. The molecule has 2 aliphatic heterocycles. The van der Waals surface area contributed by atoms with Crippen molar-refractivity contribution in [1.29, 1.82) is 0 Å². The molecule has 1 aromatic heterocycles. The molecule has 28 heavy (non-hydrogen) atoms. The molecule has 9 heteroatoms. The number of piperidine rings is 1. The van der Waals surface area contributed by atoms with E-state index in [1.165, 1.54) is 4.90 Å². The summed E-state index contributed by atoms with van der Waals surface area (Å²) >= 11 is 0. The summed E-state index contributed by atoms with van der Waals surface area (Å²) in [6.07, 6.45) is -1.56. The summed E-state index contributed by atoms with van der Waals surface area (Å²) in [5, 5.41) is 0. The van der Waals surface area contributed by atoms with Crippen molar-refractivity contribution in [2.45, 2.75) is 51.8 Å². The molecule has 1 aromatic rings. The van der Waals surface area contributed by atoms with Gasteiger partial charge in [-0.15, -0.1) is 0 Å². The summed E-state index contributed by atoms with van der Waals surface area (Å²) in [6.45, 7) is 6.38. The van der Waals surface area contributed by atoms with Crippen LogP contribution in [-0.4, -0.2) is 47.1 Å². The predicted octanol–water partition coefficient (Wildman–Crippen LogP) is 3.85. The SMILES string of the molecule is CC(C)(C)OC(=O)N1CCC2(CC1)CC(=O)N(c1cnccc1C(F)(F)F)C2. The molecule has 0 N–H and O–H groups in total. The van der Waals surface area contributed by atoms with E-state index >= 15 is 0 Å². The molecule has 3 heterocycles. The Bertz CT molecular complexity index is 766. The molecule has 154 valence electrons. The number of halogens is 3. The highest BCUT2D eigenvalue weighted by atomic mass is 19.4. The highest BCUT2D eigenvalue weighted by Crippen LogP contribution is 2.45. The Morgan fingerprint density at radius 2 is 1.86 bits per heavy atom. The summed E-state index contributed by atoms with van der Waals surface area (Å²) in [5.74, 6) is -0.343. The molecule has 0 radical (unpaired) electrons. The van der Waals surface area contributed by atoms with Crippen molar-refractivity contribution in [2.75, 3.05) is 24.5 Å². The summed E-state index contributed by atoms with van der Waals surface area (Å²) in [5.41, 5.74) is -2.10. The fraction of sp³-hybridized carbons (Fsp3) is 0.632. The molecule has 0 saturated carbocycles. The van der Waals surface area contributed by atoms with E-state index in [9.17, 15) is 22.8 Å². The van der Waals surface area contributed by atoms with Crippen LogP contribution < -0.4 is 4.90 Å². The Hall–Kier alpha value is -2.32. The molecular formula is C19H24F3N3O3. The second-order valence-electron chi connectivity index (χ2n) is 8.51. The lowest BCUT2D eigenvalue weighted by Crippen LogP contribution is -2.46. The van der Waals surface area contributed by atoms with E-state index in [1.807, 2.05) is 0 Å². The van der Waals surface area contributed by atoms with Gasteiger partial charge < -0.3 is 14.5 Å². The molecular weight excluding hydrogens is 375 g/mol. The third-order valence-electron chi connectivity index (χ3n) is 5.19. The molecule has 0 atom stereocenters. The second-order valence-corrected chi connectivity index (χ2v) is 8.51. The van der Waals surface area contributed by atoms with Gasteiger partial charge in [0.1, 0.15) is 5.60 Å². The van der Waals surface area contributed by atoms with Crippen LogP contribution in [0.5, 0.6) is 0 Å². The van der Waals surface area contributed by atoms with Crippen LogP contribution in [0.4, 0.5) is 23.7 Å². The monoisotopic (exact) mass is 399 g/mol. The average Bonchev–Trinajstić information content (AvgIpc) is 2.89. The molecule has 0 aromatic carbocycles. The van der Waals surface area contributed by atoms with E-state index in [1.54, 1.807) is 25.7 Å². The number of hydrogen-bond acceptors (Lipinski definition) is 4. The zero-order chi connectivity index (χ0) is 20.7. The zero-order valence-electron chi connectivity index (χ0n) is 16.2. The van der Waals surface area contributed by atoms with Crippen LogP contribution in [0.15, 0.2) is 18.5 Å². The number of pyridine rings is 1. The van der Waals surface area contributed by atoms with Gasteiger partial charge in [-0.25, -0.2) is 4.79 Å². The maximum atomic E-state index is 13.3. The maximum absolute atomic E-state index is 13.3. The topological polar surface area (TPSA) is 62.7 Å². The molecule has 6 nitrogen and oxygen atoms in total. The number of aromatic nitrogens is 1. The second kappa shape index (κ2) is 6.93. The van der Waals surface area contributed by atoms with Crippen LogP contribution in [-0.2, 0) is 15.7 Å². The Balaban J connectivity index is 1.72. The van der Waals surface area contributed by atoms with E-state index < -0.39 is 28.8 Å². The van der Waals surface area contributed by atoms with Crippen molar-refractivity contribution in [2.24, 2.45) is 5.41 Å². The lowest BCUT2D eigenvalue weighted by atomic mass is 9.78. The molecule has 2 saturated heterocycles. The fourth-order valence-corrected chi connectivity index (χ4v) is 3.78. The largest absolute Gasteiger partial charge is 0.444 e. The summed E-state index contributed by atoms with van der Waals surface area (Å²) < 4.78 is 45.3. The first-order chi connectivity index (χ1) is 12.9. The third-order valence-corrected chi connectivity index (χ3v) is 5.19. The Morgan fingerprint density at radius 1 is 1.21 bits per heavy atom. The van der Waals surface area contributed by atoms with Crippen molar-refractivity contribution in [3.63, 3.8) is 0 Å². The number of carbonyl (C=O) groups excluding carboxylic acids is 2. The van der Waals surface area contributed by atoms with Crippen LogP contribution in [0.3, 0.4) is 0 Å². The number of anilines is 1. The van der Waals surface area contributed by atoms with Crippen molar-refractivity contribution < 1.29 is 27.5 Å². The van der Waals surface area contributed by atoms with Gasteiger partial charge in [0.2, 0.25) is 5.91 Å². The zero-order valence-corrected chi connectivity index (χ0v) is 16.2. The maximum Gasteiger partial charge on any atom is 0.418 e. The van der Waals surface area contributed by atoms with E-state index in [2.05, 4.69) is 4.98 Å². The lowest BCUT2D eigenvalue weighted by Gasteiger charge is -2.39. The van der Waals surface area contributed by atoms with Crippen molar-refractivity contribution >= 4 is 17.7 Å². The summed E-state index contributed by atoms with van der Waals surface area (Å²) in [6, 6.07) is 0.888. The van der Waals surface area contributed by atoms with Gasteiger partial charge in [-0.2, -0.15) is 13.2 Å². The summed E-state index contributed by atoms with van der Waals surface area (Å²) in [7, 11) is 0. The lowest BCUT2D eigenvalue weighted by molar-refractivity contribution is -0.137. The number of carbonyl (C=O) groups is 2. The van der Waals surface area contributed by atoms with Gasteiger partial charge in [0, 0.05) is 37.7 Å². The number of amides is 2. The van der Waals surface area contributed by atoms with Crippen LogP contribution in [0.25, 0.3) is 0 Å². The molecule has 2 aliphatic rings. The van der Waals surface area contributed by atoms with Crippen LogP contribution in [0.1, 0.15) is 45.6 Å². The van der Waals surface area contributed by atoms with Crippen molar-refractivity contribution in [3.05, 3.63) is 24.0 Å². The fourth-order valence-electron chi connectivity index (χ4n) is 3.78. The van der Waals surface area contributed by atoms with Crippen LogP contribution >= 0.6 is 0 Å². The number of nitrogens with zero attached hydrogens (tertiary/aromatic N) is 3. The first-order valence-corrected chi connectivity index (χ1v) is 9.20. The number of ether oxygens (including phenoxy) is 1. The first kappa shape index (κ1) is 20.4. The first-order valence-electron chi connectivity index (χ1n) is 9.20. The van der Waals surface area contributed by atoms with Gasteiger partial charge in [0.15, 0.2) is 0 Å². The molecule has 0 aliphatic carbocycles. The molecule has 3 rings (SSSR count). The van der Waals surface area contributed by atoms with E-state index in [4.69, 9.17) is 4.74 Å². The minimum absolute atomic E-state index is 0.168. The minimum Gasteiger partial charge on any atom is -0.444 e. The number of rotatable bonds is 1. The number of hydrogen-bond donors (Lipinski definition) is 0.